The summed E-state index contributed by atoms with van der Waals surface area (Å²) in [6.07, 6.45) is 3.33. The highest BCUT2D eigenvalue weighted by molar-refractivity contribution is 5.90. The zero-order valence-corrected chi connectivity index (χ0v) is 14.9. The number of rotatable bonds is 4. The first kappa shape index (κ1) is 19.3. The summed E-state index contributed by atoms with van der Waals surface area (Å²) in [4.78, 5) is 21.9. The number of ether oxygens (including phenoxy) is 1. The van der Waals surface area contributed by atoms with E-state index in [1.165, 1.54) is 0 Å². The molecule has 0 radical (unpaired) electrons. The molecule has 5 heteroatoms. The number of aliphatic hydroxyl groups excluding tert-OH is 1. The van der Waals surface area contributed by atoms with Crippen molar-refractivity contribution in [2.24, 2.45) is 16.2 Å². The summed E-state index contributed by atoms with van der Waals surface area (Å²) >= 11 is 0. The number of carbonyl (C=O) groups excluding carboxylic acids is 1. The summed E-state index contributed by atoms with van der Waals surface area (Å²) in [6.45, 7) is 12.6. The molecule has 0 amide bonds. The molecule has 0 saturated heterocycles. The predicted octanol–water partition coefficient (Wildman–Crippen LogP) is 3.85. The quantitative estimate of drug-likeness (QED) is 0.606. The molecule has 130 valence electrons. The fraction of sp³-hybridized carbons (Fsp3) is 0.667. The van der Waals surface area contributed by atoms with E-state index >= 15 is 0 Å². The Labute approximate surface area is 138 Å². The highest BCUT2D eigenvalue weighted by Crippen LogP contribution is 2.60. The third-order valence-corrected chi connectivity index (χ3v) is 4.68. The van der Waals surface area contributed by atoms with Crippen molar-refractivity contribution in [3.05, 3.63) is 23.5 Å². The number of carboxylic acids is 1. The Bertz CT molecular complexity index is 527. The number of aliphatic hydroxyl groups is 1. The first-order valence-corrected chi connectivity index (χ1v) is 7.78. The van der Waals surface area contributed by atoms with E-state index in [1.807, 2.05) is 0 Å². The summed E-state index contributed by atoms with van der Waals surface area (Å²) < 4.78 is 5.05. The van der Waals surface area contributed by atoms with Crippen LogP contribution < -0.4 is 0 Å². The van der Waals surface area contributed by atoms with E-state index in [2.05, 4.69) is 41.5 Å². The minimum absolute atomic E-state index is 0.0454. The summed E-state index contributed by atoms with van der Waals surface area (Å²) in [6, 6.07) is 0. The van der Waals surface area contributed by atoms with Crippen LogP contribution in [-0.2, 0) is 14.3 Å². The van der Waals surface area contributed by atoms with Crippen molar-refractivity contribution in [2.45, 2.75) is 54.4 Å². The largest absolute Gasteiger partial charge is 0.512 e. The van der Waals surface area contributed by atoms with Gasteiger partial charge in [0.25, 0.3) is 0 Å². The van der Waals surface area contributed by atoms with Gasteiger partial charge in [0.2, 0.25) is 0 Å². The van der Waals surface area contributed by atoms with Crippen molar-refractivity contribution in [3.8, 4) is 0 Å². The van der Waals surface area contributed by atoms with Gasteiger partial charge in [0, 0.05) is 5.41 Å². The second-order valence-corrected chi connectivity index (χ2v) is 8.19. The molecule has 0 fully saturated rings. The second kappa shape index (κ2) is 6.38. The smallest absolute Gasteiger partial charge is 0.317 e. The van der Waals surface area contributed by atoms with Crippen LogP contribution in [0.25, 0.3) is 0 Å². The minimum Gasteiger partial charge on any atom is -0.512 e. The molecule has 0 heterocycles. The van der Waals surface area contributed by atoms with Gasteiger partial charge in [-0.1, -0.05) is 47.6 Å². The van der Waals surface area contributed by atoms with E-state index in [-0.39, 0.29) is 17.4 Å². The van der Waals surface area contributed by atoms with Crippen molar-refractivity contribution in [3.63, 3.8) is 0 Å². The molecule has 0 aromatic carbocycles. The number of esters is 1. The molecule has 23 heavy (non-hydrogen) atoms. The molecule has 5 nitrogen and oxygen atoms in total. The molecule has 0 atom stereocenters. The molecular formula is C18H28O5. The summed E-state index contributed by atoms with van der Waals surface area (Å²) in [5.41, 5.74) is -0.0535. The zero-order chi connectivity index (χ0) is 18.1. The van der Waals surface area contributed by atoms with Gasteiger partial charge < -0.3 is 14.9 Å². The molecule has 0 spiro atoms. The zero-order valence-electron chi connectivity index (χ0n) is 14.9. The maximum atomic E-state index is 11.4. The normalized spacial score (nSPS) is 18.0. The van der Waals surface area contributed by atoms with Crippen LogP contribution in [0, 0.1) is 16.2 Å². The van der Waals surface area contributed by atoms with Crippen LogP contribution in [0.5, 0.6) is 0 Å². The van der Waals surface area contributed by atoms with Crippen molar-refractivity contribution in [1.29, 1.82) is 0 Å². The van der Waals surface area contributed by atoms with Crippen molar-refractivity contribution in [1.82, 2.24) is 0 Å². The average molecular weight is 324 g/mol. The summed E-state index contributed by atoms with van der Waals surface area (Å²) in [5, 5.41) is 19.2. The lowest BCUT2D eigenvalue weighted by Gasteiger charge is -2.54. The van der Waals surface area contributed by atoms with Crippen LogP contribution in [0.15, 0.2) is 23.5 Å². The molecule has 1 rings (SSSR count). The molecule has 0 bridgehead atoms. The third-order valence-electron chi connectivity index (χ3n) is 4.68. The average Bonchev–Trinajstić information content (AvgIpc) is 2.33. The number of allylic oxidation sites excluding steroid dienone is 3. The minimum atomic E-state index is -1.20. The maximum absolute atomic E-state index is 11.4. The van der Waals surface area contributed by atoms with Crippen LogP contribution in [0.2, 0.25) is 0 Å². The van der Waals surface area contributed by atoms with Crippen LogP contribution in [0.3, 0.4) is 0 Å². The highest BCUT2D eigenvalue weighted by Gasteiger charge is 2.54. The first-order valence-electron chi connectivity index (χ1n) is 7.78. The Morgan fingerprint density at radius 3 is 2.09 bits per heavy atom. The molecule has 0 saturated carbocycles. The SMILES string of the molecule is CC(C)(C)C1(C(C)(C)C)CC(COC(=O)CC(=O)O)=CC=C1O. The monoisotopic (exact) mass is 324 g/mol. The van der Waals surface area contributed by atoms with Gasteiger partial charge >= 0.3 is 11.9 Å². The fourth-order valence-electron chi connectivity index (χ4n) is 3.70. The van der Waals surface area contributed by atoms with E-state index < -0.39 is 23.8 Å². The Balaban J connectivity index is 3.01. The van der Waals surface area contributed by atoms with Gasteiger partial charge in [0.05, 0.1) is 5.76 Å². The number of hydrogen-bond acceptors (Lipinski definition) is 4. The molecule has 1 aliphatic rings. The van der Waals surface area contributed by atoms with Gasteiger partial charge in [0.15, 0.2) is 0 Å². The van der Waals surface area contributed by atoms with Gasteiger partial charge in [-0.3, -0.25) is 9.59 Å². The van der Waals surface area contributed by atoms with Crippen molar-refractivity contribution in [2.75, 3.05) is 6.61 Å². The lowest BCUT2D eigenvalue weighted by atomic mass is 9.50. The molecule has 0 aromatic rings. The number of carbonyl (C=O) groups is 2. The second-order valence-electron chi connectivity index (χ2n) is 8.19. The maximum Gasteiger partial charge on any atom is 0.317 e. The van der Waals surface area contributed by atoms with E-state index in [0.29, 0.717) is 12.2 Å². The van der Waals surface area contributed by atoms with Crippen molar-refractivity contribution >= 4 is 11.9 Å². The van der Waals surface area contributed by atoms with E-state index in [0.717, 1.165) is 5.57 Å². The number of hydrogen-bond donors (Lipinski definition) is 2. The van der Waals surface area contributed by atoms with E-state index in [9.17, 15) is 14.7 Å². The molecule has 0 aliphatic heterocycles. The lowest BCUT2D eigenvalue weighted by molar-refractivity contribution is -0.150. The van der Waals surface area contributed by atoms with E-state index in [1.54, 1.807) is 12.2 Å². The van der Waals surface area contributed by atoms with Gasteiger partial charge in [-0.2, -0.15) is 0 Å². The van der Waals surface area contributed by atoms with E-state index in [4.69, 9.17) is 9.84 Å². The topological polar surface area (TPSA) is 83.8 Å². The Morgan fingerprint density at radius 1 is 1.13 bits per heavy atom. The molecule has 0 aromatic heterocycles. The number of aliphatic carboxylic acids is 1. The standard InChI is InChI=1S/C18H28O5/c1-16(2,3)18(17(4,5)6)10-12(7-8-13(18)19)11-23-15(22)9-14(20)21/h7-8,19H,9-11H2,1-6H3,(H,20,21). The van der Waals surface area contributed by atoms with Gasteiger partial charge in [-0.05, 0) is 28.9 Å². The Kier molecular flexibility index (Phi) is 5.34. The summed E-state index contributed by atoms with van der Waals surface area (Å²) in [5.74, 6) is -1.63. The molecule has 1 aliphatic carbocycles. The van der Waals surface area contributed by atoms with Crippen LogP contribution in [-0.4, -0.2) is 28.8 Å². The third kappa shape index (κ3) is 3.95. The van der Waals surface area contributed by atoms with Crippen molar-refractivity contribution < 1.29 is 24.5 Å². The molecule has 0 unspecified atom stereocenters. The number of carboxylic acid groups (broad SMARTS) is 1. The molecular weight excluding hydrogens is 296 g/mol. The van der Waals surface area contributed by atoms with Gasteiger partial charge in [-0.15, -0.1) is 0 Å². The highest BCUT2D eigenvalue weighted by atomic mass is 16.5. The first-order chi connectivity index (χ1) is 10.3. The Morgan fingerprint density at radius 2 is 1.65 bits per heavy atom. The van der Waals surface area contributed by atoms with Crippen LogP contribution in [0.1, 0.15) is 54.4 Å². The predicted molar refractivity (Wildman–Crippen MR) is 88.0 cm³/mol. The van der Waals surface area contributed by atoms with Crippen LogP contribution >= 0.6 is 0 Å². The fourth-order valence-corrected chi connectivity index (χ4v) is 3.70. The van der Waals surface area contributed by atoms with Crippen LogP contribution in [0.4, 0.5) is 0 Å². The Hall–Kier alpha value is -1.78. The van der Waals surface area contributed by atoms with Gasteiger partial charge in [-0.25, -0.2) is 0 Å². The lowest BCUT2D eigenvalue weighted by Crippen LogP contribution is -2.49. The molecule has 2 N–H and O–H groups in total. The summed E-state index contributed by atoms with van der Waals surface area (Å²) in [7, 11) is 0. The van der Waals surface area contributed by atoms with Gasteiger partial charge in [0.1, 0.15) is 13.0 Å².